The zero-order chi connectivity index (χ0) is 12.3. The quantitative estimate of drug-likeness (QED) is 0.884. The molecular formula is C13H11FO3. The molecule has 0 aliphatic rings. The Morgan fingerprint density at radius 3 is 2.53 bits per heavy atom. The number of carbonyl (C=O) groups is 1. The Kier molecular flexibility index (Phi) is 3.23. The number of benzene rings is 1. The fourth-order valence-corrected chi connectivity index (χ4v) is 1.51. The minimum Gasteiger partial charge on any atom is -0.481 e. The maximum atomic E-state index is 12.7. The van der Waals surface area contributed by atoms with Crippen LogP contribution in [-0.4, -0.2) is 11.1 Å². The second kappa shape index (κ2) is 4.82. The highest BCUT2D eigenvalue weighted by Crippen LogP contribution is 2.22. The first-order valence-corrected chi connectivity index (χ1v) is 5.21. The summed E-state index contributed by atoms with van der Waals surface area (Å²) in [5.74, 6) is 0.0771. The molecule has 88 valence electrons. The molecule has 3 nitrogen and oxygen atoms in total. The summed E-state index contributed by atoms with van der Waals surface area (Å²) in [6.07, 6.45) is 0.396. The Labute approximate surface area is 97.5 Å². The van der Waals surface area contributed by atoms with Gasteiger partial charge in [-0.15, -0.1) is 0 Å². The molecule has 0 atom stereocenters. The maximum absolute atomic E-state index is 12.7. The first-order chi connectivity index (χ1) is 8.15. The lowest BCUT2D eigenvalue weighted by atomic mass is 10.2. The van der Waals surface area contributed by atoms with Gasteiger partial charge in [-0.2, -0.15) is 0 Å². The number of furan rings is 1. The predicted octanol–water partition coefficient (Wildman–Crippen LogP) is 3.10. The predicted molar refractivity (Wildman–Crippen MR) is 60.1 cm³/mol. The Balaban J connectivity index is 2.12. The van der Waals surface area contributed by atoms with Crippen LogP contribution in [0, 0.1) is 5.82 Å². The molecule has 17 heavy (non-hydrogen) atoms. The summed E-state index contributed by atoms with van der Waals surface area (Å²) in [5, 5.41) is 8.55. The van der Waals surface area contributed by atoms with Crippen LogP contribution >= 0.6 is 0 Å². The topological polar surface area (TPSA) is 50.4 Å². The van der Waals surface area contributed by atoms with Crippen LogP contribution in [0.15, 0.2) is 40.8 Å². The van der Waals surface area contributed by atoms with Gasteiger partial charge in [0.1, 0.15) is 17.3 Å². The van der Waals surface area contributed by atoms with Crippen LogP contribution in [0.5, 0.6) is 0 Å². The van der Waals surface area contributed by atoms with Crippen LogP contribution in [0.1, 0.15) is 12.2 Å². The zero-order valence-electron chi connectivity index (χ0n) is 9.02. The van der Waals surface area contributed by atoms with E-state index in [1.807, 2.05) is 0 Å². The number of rotatable bonds is 4. The lowest BCUT2D eigenvalue weighted by Crippen LogP contribution is -1.96. The number of aryl methyl sites for hydroxylation is 1. The van der Waals surface area contributed by atoms with Crippen LogP contribution in [0.2, 0.25) is 0 Å². The third kappa shape index (κ3) is 2.93. The molecule has 2 rings (SSSR count). The SMILES string of the molecule is O=C(O)CCc1ccc(-c2ccc(F)cc2)o1. The maximum Gasteiger partial charge on any atom is 0.303 e. The average molecular weight is 234 g/mol. The van der Waals surface area contributed by atoms with Crippen LogP contribution in [0.25, 0.3) is 11.3 Å². The lowest BCUT2D eigenvalue weighted by molar-refractivity contribution is -0.137. The molecule has 0 fully saturated rings. The van der Waals surface area contributed by atoms with Gasteiger partial charge in [0, 0.05) is 12.0 Å². The van der Waals surface area contributed by atoms with E-state index in [2.05, 4.69) is 0 Å². The highest BCUT2D eigenvalue weighted by atomic mass is 19.1. The Bertz CT molecular complexity index is 514. The summed E-state index contributed by atoms with van der Waals surface area (Å²) < 4.78 is 18.2. The first-order valence-electron chi connectivity index (χ1n) is 5.21. The minimum atomic E-state index is -0.857. The van der Waals surface area contributed by atoms with Crippen LogP contribution in [-0.2, 0) is 11.2 Å². The van der Waals surface area contributed by atoms with Gasteiger partial charge in [-0.1, -0.05) is 0 Å². The number of carboxylic acid groups (broad SMARTS) is 1. The van der Waals surface area contributed by atoms with Crippen molar-refractivity contribution in [3.63, 3.8) is 0 Å². The molecule has 1 aromatic heterocycles. The Hall–Kier alpha value is -2.10. The number of hydrogen-bond acceptors (Lipinski definition) is 2. The first kappa shape index (κ1) is 11.4. The molecule has 0 radical (unpaired) electrons. The number of carboxylic acids is 1. The fraction of sp³-hybridized carbons (Fsp3) is 0.154. The van der Waals surface area contributed by atoms with Gasteiger partial charge >= 0.3 is 5.97 Å². The summed E-state index contributed by atoms with van der Waals surface area (Å²) in [6, 6.07) is 9.44. The smallest absolute Gasteiger partial charge is 0.303 e. The van der Waals surface area contributed by atoms with Gasteiger partial charge in [-0.3, -0.25) is 4.79 Å². The van der Waals surface area contributed by atoms with E-state index in [9.17, 15) is 9.18 Å². The van der Waals surface area contributed by atoms with E-state index in [4.69, 9.17) is 9.52 Å². The molecular weight excluding hydrogens is 223 g/mol. The summed E-state index contributed by atoms with van der Waals surface area (Å²) in [5.41, 5.74) is 0.771. The number of aliphatic carboxylic acids is 1. The summed E-state index contributed by atoms with van der Waals surface area (Å²) in [4.78, 5) is 10.4. The van der Waals surface area contributed by atoms with Crippen molar-refractivity contribution in [2.45, 2.75) is 12.8 Å². The number of halogens is 1. The van der Waals surface area contributed by atoms with Crippen molar-refractivity contribution in [2.75, 3.05) is 0 Å². The van der Waals surface area contributed by atoms with E-state index in [0.717, 1.165) is 5.56 Å². The highest BCUT2D eigenvalue weighted by Gasteiger charge is 2.06. The third-order valence-electron chi connectivity index (χ3n) is 2.38. The molecule has 0 unspecified atom stereocenters. The van der Waals surface area contributed by atoms with E-state index in [1.54, 1.807) is 24.3 Å². The van der Waals surface area contributed by atoms with Crippen molar-refractivity contribution >= 4 is 5.97 Å². The fourth-order valence-electron chi connectivity index (χ4n) is 1.51. The number of hydrogen-bond donors (Lipinski definition) is 1. The van der Waals surface area contributed by atoms with Crippen molar-refractivity contribution < 1.29 is 18.7 Å². The minimum absolute atomic E-state index is 0.0381. The van der Waals surface area contributed by atoms with E-state index < -0.39 is 5.97 Å². The standard InChI is InChI=1S/C13H11FO3/c14-10-3-1-9(2-4-10)12-7-5-11(17-12)6-8-13(15)16/h1-5,7H,6,8H2,(H,15,16). The summed E-state index contributed by atoms with van der Waals surface area (Å²) in [7, 11) is 0. The third-order valence-corrected chi connectivity index (χ3v) is 2.38. The van der Waals surface area contributed by atoms with Gasteiger partial charge in [-0.05, 0) is 36.4 Å². The average Bonchev–Trinajstić information content (AvgIpc) is 2.76. The monoisotopic (exact) mass is 234 g/mol. The van der Waals surface area contributed by atoms with E-state index in [-0.39, 0.29) is 12.2 Å². The molecule has 1 heterocycles. The lowest BCUT2D eigenvalue weighted by Gasteiger charge is -1.97. The summed E-state index contributed by atoms with van der Waals surface area (Å²) >= 11 is 0. The van der Waals surface area contributed by atoms with E-state index >= 15 is 0 Å². The van der Waals surface area contributed by atoms with Crippen molar-refractivity contribution in [1.29, 1.82) is 0 Å². The van der Waals surface area contributed by atoms with Crippen LogP contribution in [0.4, 0.5) is 4.39 Å². The molecule has 0 bridgehead atoms. The van der Waals surface area contributed by atoms with Gasteiger partial charge in [0.05, 0.1) is 6.42 Å². The van der Waals surface area contributed by atoms with E-state index in [1.165, 1.54) is 12.1 Å². The Morgan fingerprint density at radius 1 is 1.18 bits per heavy atom. The molecule has 0 saturated carbocycles. The normalized spacial score (nSPS) is 10.4. The molecule has 4 heteroatoms. The summed E-state index contributed by atoms with van der Waals surface area (Å²) in [6.45, 7) is 0. The van der Waals surface area contributed by atoms with Crippen molar-refractivity contribution in [2.24, 2.45) is 0 Å². The van der Waals surface area contributed by atoms with Crippen molar-refractivity contribution in [1.82, 2.24) is 0 Å². The highest BCUT2D eigenvalue weighted by molar-refractivity contribution is 5.67. The molecule has 2 aromatic rings. The molecule has 0 saturated heterocycles. The van der Waals surface area contributed by atoms with Crippen LogP contribution < -0.4 is 0 Å². The second-order valence-corrected chi connectivity index (χ2v) is 3.67. The Morgan fingerprint density at radius 2 is 1.88 bits per heavy atom. The molecule has 0 amide bonds. The van der Waals surface area contributed by atoms with Gasteiger partial charge in [0.2, 0.25) is 0 Å². The molecule has 0 spiro atoms. The van der Waals surface area contributed by atoms with Gasteiger partial charge in [0.25, 0.3) is 0 Å². The molecule has 0 aliphatic heterocycles. The van der Waals surface area contributed by atoms with Crippen LogP contribution in [0.3, 0.4) is 0 Å². The zero-order valence-corrected chi connectivity index (χ0v) is 9.02. The molecule has 1 N–H and O–H groups in total. The van der Waals surface area contributed by atoms with Gasteiger partial charge in [0.15, 0.2) is 0 Å². The molecule has 0 aliphatic carbocycles. The van der Waals surface area contributed by atoms with Gasteiger partial charge in [-0.25, -0.2) is 4.39 Å². The largest absolute Gasteiger partial charge is 0.481 e. The molecule has 1 aromatic carbocycles. The van der Waals surface area contributed by atoms with Crippen molar-refractivity contribution in [3.05, 3.63) is 48.0 Å². The van der Waals surface area contributed by atoms with Crippen molar-refractivity contribution in [3.8, 4) is 11.3 Å². The van der Waals surface area contributed by atoms with E-state index in [0.29, 0.717) is 17.9 Å². The second-order valence-electron chi connectivity index (χ2n) is 3.67. The van der Waals surface area contributed by atoms with Gasteiger partial charge < -0.3 is 9.52 Å².